The second-order valence-corrected chi connectivity index (χ2v) is 11.0. The molecular weight excluding hydrogens is 416 g/mol. The topological polar surface area (TPSA) is 53.2 Å². The molecule has 1 N–H and O–H groups in total. The Morgan fingerprint density at radius 2 is 1.84 bits per heavy atom. The number of aromatic amines is 1. The number of rotatable bonds is 3. The summed E-state index contributed by atoms with van der Waals surface area (Å²) in [5.41, 5.74) is 3.97. The number of hydrogen-bond acceptors (Lipinski definition) is 3. The highest BCUT2D eigenvalue weighted by Gasteiger charge is 2.31. The first-order chi connectivity index (χ1) is 15.5. The van der Waals surface area contributed by atoms with Crippen LogP contribution in [0.3, 0.4) is 0 Å². The van der Waals surface area contributed by atoms with Crippen LogP contribution in [0.5, 0.6) is 0 Å². The van der Waals surface area contributed by atoms with Gasteiger partial charge in [-0.3, -0.25) is 4.90 Å². The average Bonchev–Trinajstić information content (AvgIpc) is 3.45. The highest BCUT2D eigenvalue weighted by Crippen LogP contribution is 2.38. The molecule has 5 heteroatoms. The number of hydrogen-bond donors (Lipinski definition) is 1. The molecule has 162 valence electrons. The highest BCUT2D eigenvalue weighted by molar-refractivity contribution is 7.91. The molecule has 0 amide bonds. The van der Waals surface area contributed by atoms with Crippen LogP contribution in [0.1, 0.15) is 30.4 Å². The van der Waals surface area contributed by atoms with E-state index in [2.05, 4.69) is 40.2 Å². The number of para-hydroxylation sites is 1. The molecular formula is C27H26N2O2S. The van der Waals surface area contributed by atoms with Crippen LogP contribution in [-0.4, -0.2) is 37.4 Å². The Morgan fingerprint density at radius 3 is 2.72 bits per heavy atom. The molecule has 1 atom stereocenters. The molecule has 0 spiro atoms. The van der Waals surface area contributed by atoms with Crippen molar-refractivity contribution in [2.24, 2.45) is 0 Å². The van der Waals surface area contributed by atoms with Gasteiger partial charge < -0.3 is 4.98 Å². The van der Waals surface area contributed by atoms with E-state index in [9.17, 15) is 8.42 Å². The van der Waals surface area contributed by atoms with Gasteiger partial charge >= 0.3 is 0 Å². The molecule has 4 nitrogen and oxygen atoms in total. The van der Waals surface area contributed by atoms with Crippen LogP contribution in [0.4, 0.5) is 0 Å². The van der Waals surface area contributed by atoms with Gasteiger partial charge in [-0.1, -0.05) is 48.0 Å². The van der Waals surface area contributed by atoms with Crippen LogP contribution >= 0.6 is 0 Å². The summed E-state index contributed by atoms with van der Waals surface area (Å²) in [4.78, 5) is 6.06. The second kappa shape index (κ2) is 7.32. The molecule has 0 aliphatic carbocycles. The van der Waals surface area contributed by atoms with Crippen molar-refractivity contribution in [3.63, 3.8) is 0 Å². The maximum absolute atomic E-state index is 14.0. The van der Waals surface area contributed by atoms with Crippen molar-refractivity contribution in [2.75, 3.05) is 13.1 Å². The minimum atomic E-state index is -3.72. The van der Waals surface area contributed by atoms with Crippen LogP contribution in [0.2, 0.25) is 0 Å². The van der Waals surface area contributed by atoms with Crippen molar-refractivity contribution >= 4 is 37.1 Å². The molecule has 0 bridgehead atoms. The molecule has 2 aliphatic heterocycles. The molecule has 0 radical (unpaired) electrons. The van der Waals surface area contributed by atoms with Gasteiger partial charge in [-0.15, -0.1) is 0 Å². The van der Waals surface area contributed by atoms with Crippen molar-refractivity contribution in [3.8, 4) is 0 Å². The Bertz CT molecular complexity index is 1460. The minimum Gasteiger partial charge on any atom is -0.345 e. The van der Waals surface area contributed by atoms with Gasteiger partial charge in [0.25, 0.3) is 0 Å². The van der Waals surface area contributed by atoms with Gasteiger partial charge in [0.05, 0.1) is 4.90 Å². The smallest absolute Gasteiger partial charge is 0.222 e. The molecule has 3 heterocycles. The number of nitrogens with one attached hydrogen (secondary N) is 1. The molecule has 1 aromatic heterocycles. The molecule has 6 rings (SSSR count). The zero-order valence-electron chi connectivity index (χ0n) is 18.1. The van der Waals surface area contributed by atoms with E-state index in [0.717, 1.165) is 57.9 Å². The van der Waals surface area contributed by atoms with Gasteiger partial charge in [0.1, 0.15) is 5.03 Å². The van der Waals surface area contributed by atoms with Crippen LogP contribution in [0.15, 0.2) is 76.7 Å². The van der Waals surface area contributed by atoms with Crippen LogP contribution in [0.25, 0.3) is 27.2 Å². The Kier molecular flexibility index (Phi) is 4.52. The predicted octanol–water partition coefficient (Wildman–Crippen LogP) is 5.71. The Labute approximate surface area is 188 Å². The first-order valence-corrected chi connectivity index (χ1v) is 12.8. The summed E-state index contributed by atoms with van der Waals surface area (Å²) in [5, 5.41) is 3.20. The van der Waals surface area contributed by atoms with Crippen molar-refractivity contribution in [1.82, 2.24) is 9.88 Å². The summed E-state index contributed by atoms with van der Waals surface area (Å²) in [6, 6.07) is 20.2. The molecule has 1 fully saturated rings. The van der Waals surface area contributed by atoms with Gasteiger partial charge in [-0.05, 0) is 78.9 Å². The Balaban J connectivity index is 1.56. The molecule has 4 aromatic rings. The molecule has 1 saturated heterocycles. The third kappa shape index (κ3) is 3.19. The zero-order chi connectivity index (χ0) is 21.9. The van der Waals surface area contributed by atoms with E-state index < -0.39 is 9.84 Å². The summed E-state index contributed by atoms with van der Waals surface area (Å²) in [7, 11) is -3.72. The van der Waals surface area contributed by atoms with E-state index in [4.69, 9.17) is 0 Å². The van der Waals surface area contributed by atoms with Crippen molar-refractivity contribution < 1.29 is 8.42 Å². The molecule has 2 aliphatic rings. The van der Waals surface area contributed by atoms with Gasteiger partial charge in [-0.2, -0.15) is 0 Å². The Hall–Kier alpha value is -2.89. The fourth-order valence-electron chi connectivity index (χ4n) is 5.33. The monoisotopic (exact) mass is 442 g/mol. The Morgan fingerprint density at radius 1 is 0.969 bits per heavy atom. The van der Waals surface area contributed by atoms with Crippen LogP contribution < -0.4 is 0 Å². The summed E-state index contributed by atoms with van der Waals surface area (Å²) in [6.45, 7) is 4.08. The predicted molar refractivity (Wildman–Crippen MR) is 130 cm³/mol. The average molecular weight is 443 g/mol. The van der Waals surface area contributed by atoms with Gasteiger partial charge in [0.15, 0.2) is 0 Å². The van der Waals surface area contributed by atoms with E-state index in [0.29, 0.717) is 10.9 Å². The molecule has 0 saturated carbocycles. The summed E-state index contributed by atoms with van der Waals surface area (Å²) >= 11 is 0. The third-order valence-electron chi connectivity index (χ3n) is 7.05. The molecule has 32 heavy (non-hydrogen) atoms. The number of aryl methyl sites for hydroxylation is 1. The van der Waals surface area contributed by atoms with Gasteiger partial charge in [-0.25, -0.2) is 8.42 Å². The van der Waals surface area contributed by atoms with E-state index in [1.807, 2.05) is 37.3 Å². The van der Waals surface area contributed by atoms with Gasteiger partial charge in [0, 0.05) is 23.5 Å². The lowest BCUT2D eigenvalue weighted by atomic mass is 9.92. The van der Waals surface area contributed by atoms with E-state index >= 15 is 0 Å². The normalized spacial score (nSPS) is 19.4. The second-order valence-electron chi connectivity index (χ2n) is 9.15. The molecule has 0 unspecified atom stereocenters. The maximum Gasteiger partial charge on any atom is 0.222 e. The number of nitrogens with zero attached hydrogens (tertiary/aromatic N) is 1. The van der Waals surface area contributed by atoms with Crippen LogP contribution in [0, 0.1) is 6.92 Å². The third-order valence-corrected chi connectivity index (χ3v) is 8.77. The summed E-state index contributed by atoms with van der Waals surface area (Å²) in [6.07, 6.45) is 5.56. The lowest BCUT2D eigenvalue weighted by Crippen LogP contribution is -2.33. The van der Waals surface area contributed by atoms with E-state index in [1.54, 1.807) is 6.07 Å². The van der Waals surface area contributed by atoms with Crippen molar-refractivity contribution in [2.45, 2.75) is 42.1 Å². The number of fused-ring (bicyclic) bond motifs is 3. The van der Waals surface area contributed by atoms with E-state index in [1.165, 1.54) is 12.8 Å². The number of sulfone groups is 1. The first kappa shape index (κ1) is 19.8. The first-order valence-electron chi connectivity index (χ1n) is 11.3. The summed E-state index contributed by atoms with van der Waals surface area (Å²) in [5.74, 6) is 0. The molecule has 3 aromatic carbocycles. The lowest BCUT2D eigenvalue weighted by molar-refractivity contribution is 0.275. The SMILES string of the molecule is Cc1ccc2cc(C3=CCN4CCC[C@@H]4C3)c(S(=O)(=O)c3cc4ccccc4[nH]3)cc2c1. The van der Waals surface area contributed by atoms with Crippen molar-refractivity contribution in [1.29, 1.82) is 0 Å². The number of aromatic nitrogens is 1. The zero-order valence-corrected chi connectivity index (χ0v) is 19.0. The fraction of sp³-hybridized carbons (Fsp3) is 0.259. The quantitative estimate of drug-likeness (QED) is 0.442. The van der Waals surface area contributed by atoms with E-state index in [-0.39, 0.29) is 5.03 Å². The summed E-state index contributed by atoms with van der Waals surface area (Å²) < 4.78 is 27.9. The highest BCUT2D eigenvalue weighted by atomic mass is 32.2. The van der Waals surface area contributed by atoms with Crippen LogP contribution in [-0.2, 0) is 9.84 Å². The number of H-pyrrole nitrogens is 1. The fourth-order valence-corrected chi connectivity index (χ4v) is 6.86. The lowest BCUT2D eigenvalue weighted by Gasteiger charge is -2.30. The largest absolute Gasteiger partial charge is 0.345 e. The number of benzene rings is 3. The van der Waals surface area contributed by atoms with Gasteiger partial charge in [0.2, 0.25) is 9.84 Å². The minimum absolute atomic E-state index is 0.255. The maximum atomic E-state index is 14.0. The standard InChI is InChI=1S/C27H26N2O2S/c1-18-8-9-19-15-24(20-10-12-29-11-4-6-23(29)14-20)26(16-22(19)13-18)32(30,31)27-17-21-5-2-3-7-25(21)28-27/h2-3,5,7-10,13,15-17,23,28H,4,6,11-12,14H2,1H3/t23-/m1/s1. The van der Waals surface area contributed by atoms with Crippen molar-refractivity contribution in [3.05, 3.63) is 77.9 Å².